The summed E-state index contributed by atoms with van der Waals surface area (Å²) in [5.74, 6) is 0. The second kappa shape index (κ2) is 8.00. The van der Waals surface area contributed by atoms with Gasteiger partial charge in [-0.2, -0.15) is 0 Å². The van der Waals surface area contributed by atoms with E-state index >= 15 is 0 Å². The van der Waals surface area contributed by atoms with E-state index in [2.05, 4.69) is 4.98 Å². The van der Waals surface area contributed by atoms with Gasteiger partial charge in [0.2, 0.25) is 0 Å². The van der Waals surface area contributed by atoms with Crippen LogP contribution in [0.3, 0.4) is 0 Å². The molecule has 0 bridgehead atoms. The van der Waals surface area contributed by atoms with E-state index < -0.39 is 4.92 Å². The molecule has 3 rings (SSSR count). The summed E-state index contributed by atoms with van der Waals surface area (Å²) in [4.78, 5) is 15.4. The standard InChI is InChI=1S/C17H6Cl6N2O2/c18-7-1-11(20)15(12(21)2-7)9-5-24-6-10(17(9)25(26)27)16-13(22)3-8(19)4-14(16)23/h1-6H. The number of pyridine rings is 1. The van der Waals surface area contributed by atoms with Crippen LogP contribution in [-0.2, 0) is 0 Å². The zero-order valence-corrected chi connectivity index (χ0v) is 17.5. The number of rotatable bonds is 3. The number of hydrogen-bond donors (Lipinski definition) is 0. The number of nitrogens with zero attached hydrogens (tertiary/aromatic N) is 2. The van der Waals surface area contributed by atoms with E-state index in [1.165, 1.54) is 36.7 Å². The van der Waals surface area contributed by atoms with E-state index in [1.807, 2.05) is 0 Å². The van der Waals surface area contributed by atoms with Crippen molar-refractivity contribution in [1.82, 2.24) is 4.98 Å². The van der Waals surface area contributed by atoms with E-state index in [9.17, 15) is 10.1 Å². The molecule has 1 heterocycles. The van der Waals surface area contributed by atoms with Crippen LogP contribution in [0.2, 0.25) is 30.1 Å². The van der Waals surface area contributed by atoms with E-state index in [-0.39, 0.29) is 48.0 Å². The third-order valence-electron chi connectivity index (χ3n) is 3.65. The molecule has 0 aliphatic rings. The molecule has 0 atom stereocenters. The zero-order valence-electron chi connectivity index (χ0n) is 12.9. The van der Waals surface area contributed by atoms with E-state index in [0.29, 0.717) is 10.0 Å². The number of nitro groups is 1. The van der Waals surface area contributed by atoms with Crippen LogP contribution in [0.5, 0.6) is 0 Å². The highest BCUT2D eigenvalue weighted by molar-refractivity contribution is 6.43. The van der Waals surface area contributed by atoms with Gasteiger partial charge in [-0.25, -0.2) is 0 Å². The molecule has 0 radical (unpaired) electrons. The van der Waals surface area contributed by atoms with Gasteiger partial charge in [0, 0.05) is 33.6 Å². The third-order valence-corrected chi connectivity index (χ3v) is 5.28. The van der Waals surface area contributed by atoms with Gasteiger partial charge in [0.05, 0.1) is 36.1 Å². The first-order valence-electron chi connectivity index (χ1n) is 7.13. The molecular formula is C17H6Cl6N2O2. The SMILES string of the molecule is O=[N+]([O-])c1c(-c2c(Cl)cc(Cl)cc2Cl)cncc1-c1c(Cl)cc(Cl)cc1Cl. The first-order valence-corrected chi connectivity index (χ1v) is 9.39. The Kier molecular flexibility index (Phi) is 6.06. The van der Waals surface area contributed by atoms with Crippen molar-refractivity contribution in [2.45, 2.75) is 0 Å². The first-order chi connectivity index (χ1) is 12.7. The van der Waals surface area contributed by atoms with Crippen LogP contribution in [0.15, 0.2) is 36.7 Å². The summed E-state index contributed by atoms with van der Waals surface area (Å²) in [6.45, 7) is 0. The highest BCUT2D eigenvalue weighted by Gasteiger charge is 2.28. The minimum Gasteiger partial charge on any atom is -0.263 e. The second-order valence-electron chi connectivity index (χ2n) is 5.33. The van der Waals surface area contributed by atoms with Crippen molar-refractivity contribution in [2.24, 2.45) is 0 Å². The molecule has 0 unspecified atom stereocenters. The minimum atomic E-state index is -0.575. The van der Waals surface area contributed by atoms with Crippen molar-refractivity contribution in [3.05, 3.63) is 76.9 Å². The van der Waals surface area contributed by atoms with Crippen LogP contribution in [-0.4, -0.2) is 9.91 Å². The van der Waals surface area contributed by atoms with Crippen molar-refractivity contribution in [3.63, 3.8) is 0 Å². The van der Waals surface area contributed by atoms with Gasteiger partial charge in [-0.15, -0.1) is 0 Å². The minimum absolute atomic E-state index is 0.103. The average molecular weight is 483 g/mol. The molecule has 0 fully saturated rings. The van der Waals surface area contributed by atoms with Gasteiger partial charge >= 0.3 is 0 Å². The van der Waals surface area contributed by atoms with Crippen LogP contribution in [0.25, 0.3) is 22.3 Å². The molecule has 27 heavy (non-hydrogen) atoms. The lowest BCUT2D eigenvalue weighted by atomic mass is 9.98. The summed E-state index contributed by atoms with van der Waals surface area (Å²) >= 11 is 36.8. The van der Waals surface area contributed by atoms with Crippen molar-refractivity contribution in [3.8, 4) is 22.3 Å². The average Bonchev–Trinajstić information content (AvgIpc) is 2.52. The molecule has 0 spiro atoms. The van der Waals surface area contributed by atoms with Crippen LogP contribution in [0, 0.1) is 10.1 Å². The predicted octanol–water partition coefficient (Wildman–Crippen LogP) is 8.24. The summed E-state index contributed by atoms with van der Waals surface area (Å²) < 4.78 is 0. The molecule has 4 nitrogen and oxygen atoms in total. The summed E-state index contributed by atoms with van der Waals surface area (Å²) in [7, 11) is 0. The second-order valence-corrected chi connectivity index (χ2v) is 7.83. The molecular weight excluding hydrogens is 477 g/mol. The fraction of sp³-hybridized carbons (Fsp3) is 0. The van der Waals surface area contributed by atoms with Crippen LogP contribution < -0.4 is 0 Å². The number of hydrogen-bond acceptors (Lipinski definition) is 3. The molecule has 0 N–H and O–H groups in total. The van der Waals surface area contributed by atoms with Crippen molar-refractivity contribution < 1.29 is 4.92 Å². The quantitative estimate of drug-likeness (QED) is 0.279. The molecule has 2 aromatic carbocycles. The van der Waals surface area contributed by atoms with Gasteiger partial charge in [-0.05, 0) is 24.3 Å². The predicted molar refractivity (Wildman–Crippen MR) is 112 cm³/mol. The highest BCUT2D eigenvalue weighted by Crippen LogP contribution is 2.47. The molecule has 0 amide bonds. The van der Waals surface area contributed by atoms with Gasteiger partial charge in [-0.3, -0.25) is 15.1 Å². The van der Waals surface area contributed by atoms with E-state index in [0.717, 1.165) is 0 Å². The van der Waals surface area contributed by atoms with Gasteiger partial charge in [0.25, 0.3) is 5.69 Å². The maximum atomic E-state index is 11.9. The number of benzene rings is 2. The Morgan fingerprint density at radius 2 is 1.04 bits per heavy atom. The molecule has 3 aromatic rings. The Morgan fingerprint density at radius 1 is 0.704 bits per heavy atom. The Labute approximate surface area is 183 Å². The first kappa shape index (κ1) is 20.5. The molecule has 0 aliphatic carbocycles. The lowest BCUT2D eigenvalue weighted by Crippen LogP contribution is -1.99. The summed E-state index contributed by atoms with van der Waals surface area (Å²) in [6.07, 6.45) is 2.58. The molecule has 0 saturated carbocycles. The van der Waals surface area contributed by atoms with Crippen LogP contribution in [0.1, 0.15) is 0 Å². The summed E-state index contributed by atoms with van der Waals surface area (Å²) in [5, 5.41) is 13.1. The highest BCUT2D eigenvalue weighted by atomic mass is 35.5. The monoisotopic (exact) mass is 480 g/mol. The largest absolute Gasteiger partial charge is 0.288 e. The van der Waals surface area contributed by atoms with E-state index in [4.69, 9.17) is 69.6 Å². The zero-order chi connectivity index (χ0) is 19.9. The van der Waals surface area contributed by atoms with E-state index in [1.54, 1.807) is 0 Å². The Hall–Kier alpha value is -1.27. The van der Waals surface area contributed by atoms with Gasteiger partial charge in [0.15, 0.2) is 0 Å². The topological polar surface area (TPSA) is 56.0 Å². The maximum Gasteiger partial charge on any atom is 0.288 e. The van der Waals surface area contributed by atoms with Crippen molar-refractivity contribution >= 4 is 75.3 Å². The van der Waals surface area contributed by atoms with Gasteiger partial charge < -0.3 is 0 Å². The molecule has 0 aliphatic heterocycles. The van der Waals surface area contributed by atoms with Crippen LogP contribution in [0.4, 0.5) is 5.69 Å². The molecule has 138 valence electrons. The molecule has 0 saturated heterocycles. The number of aromatic nitrogens is 1. The maximum absolute atomic E-state index is 11.9. The molecule has 1 aromatic heterocycles. The van der Waals surface area contributed by atoms with Crippen LogP contribution >= 0.6 is 69.6 Å². The van der Waals surface area contributed by atoms with Crippen molar-refractivity contribution in [2.75, 3.05) is 0 Å². The smallest absolute Gasteiger partial charge is 0.263 e. The Balaban J connectivity index is 2.39. The van der Waals surface area contributed by atoms with Gasteiger partial charge in [0.1, 0.15) is 0 Å². The summed E-state index contributed by atoms with van der Waals surface area (Å²) in [6, 6.07) is 5.73. The fourth-order valence-electron chi connectivity index (χ4n) is 2.62. The van der Waals surface area contributed by atoms with Gasteiger partial charge in [-0.1, -0.05) is 69.6 Å². The third kappa shape index (κ3) is 3.97. The number of halogens is 6. The Morgan fingerprint density at radius 3 is 1.33 bits per heavy atom. The molecule has 10 heteroatoms. The normalized spacial score (nSPS) is 10.9. The lowest BCUT2D eigenvalue weighted by Gasteiger charge is -2.13. The van der Waals surface area contributed by atoms with Crippen molar-refractivity contribution in [1.29, 1.82) is 0 Å². The Bertz CT molecular complexity index is 965. The summed E-state index contributed by atoms with van der Waals surface area (Å²) in [5.41, 5.74) is 0.356. The fourth-order valence-corrected chi connectivity index (χ4v) is 4.66. The lowest BCUT2D eigenvalue weighted by molar-refractivity contribution is -0.383.